The van der Waals surface area contributed by atoms with Crippen LogP contribution in [0.4, 0.5) is 5.69 Å². The fourth-order valence-corrected chi connectivity index (χ4v) is 2.48. The highest BCUT2D eigenvalue weighted by Gasteiger charge is 2.22. The van der Waals surface area contributed by atoms with E-state index in [0.29, 0.717) is 5.56 Å². The Morgan fingerprint density at radius 1 is 1.44 bits per heavy atom. The van der Waals surface area contributed by atoms with E-state index in [0.717, 1.165) is 30.3 Å². The first-order valence-electron chi connectivity index (χ1n) is 6.70. The van der Waals surface area contributed by atoms with Crippen LogP contribution in [-0.2, 0) is 0 Å². The number of carboxylic acids is 1. The summed E-state index contributed by atoms with van der Waals surface area (Å²) in [5.74, 6) is -0.0892. The Balaban J connectivity index is 2.25. The first kappa shape index (κ1) is 12.9. The largest absolute Gasteiger partial charge is 0.478 e. The van der Waals surface area contributed by atoms with E-state index in [9.17, 15) is 9.90 Å². The molecule has 1 saturated carbocycles. The van der Waals surface area contributed by atoms with E-state index in [1.807, 2.05) is 19.1 Å². The van der Waals surface area contributed by atoms with Gasteiger partial charge in [-0.2, -0.15) is 0 Å². The van der Waals surface area contributed by atoms with Crippen LogP contribution in [0.25, 0.3) is 0 Å². The summed E-state index contributed by atoms with van der Waals surface area (Å²) in [6.45, 7) is 5.86. The molecule has 1 aromatic rings. The number of benzene rings is 1. The number of anilines is 1. The minimum absolute atomic E-state index is 0.427. The minimum Gasteiger partial charge on any atom is -0.478 e. The number of rotatable bonds is 5. The van der Waals surface area contributed by atoms with Crippen molar-refractivity contribution in [1.82, 2.24) is 0 Å². The molecule has 1 aliphatic carbocycles. The van der Waals surface area contributed by atoms with Crippen LogP contribution in [0.1, 0.15) is 42.1 Å². The zero-order valence-corrected chi connectivity index (χ0v) is 11.1. The van der Waals surface area contributed by atoms with E-state index in [2.05, 4.69) is 11.8 Å². The number of hydrogen-bond donors (Lipinski definition) is 1. The van der Waals surface area contributed by atoms with Crippen LogP contribution in [0.3, 0.4) is 0 Å². The van der Waals surface area contributed by atoms with Gasteiger partial charge in [0.15, 0.2) is 0 Å². The maximum Gasteiger partial charge on any atom is 0.337 e. The third-order valence-electron chi connectivity index (χ3n) is 3.81. The van der Waals surface area contributed by atoms with E-state index >= 15 is 0 Å². The molecule has 0 saturated heterocycles. The Labute approximate surface area is 108 Å². The van der Waals surface area contributed by atoms with Crippen molar-refractivity contribution in [2.45, 2.75) is 33.1 Å². The van der Waals surface area contributed by atoms with Crippen molar-refractivity contribution in [2.75, 3.05) is 18.0 Å². The quantitative estimate of drug-likeness (QED) is 0.867. The zero-order chi connectivity index (χ0) is 13.1. The number of hydrogen-bond acceptors (Lipinski definition) is 2. The number of aryl methyl sites for hydroxylation is 1. The van der Waals surface area contributed by atoms with Gasteiger partial charge in [-0.05, 0) is 44.7 Å². The van der Waals surface area contributed by atoms with E-state index in [4.69, 9.17) is 0 Å². The lowest BCUT2D eigenvalue weighted by Gasteiger charge is -2.33. The molecule has 0 bridgehead atoms. The second-order valence-electron chi connectivity index (χ2n) is 5.16. The van der Waals surface area contributed by atoms with Crippen molar-refractivity contribution in [3.05, 3.63) is 29.3 Å². The zero-order valence-electron chi connectivity index (χ0n) is 11.1. The number of carboxylic acid groups (broad SMARTS) is 1. The number of aromatic carboxylic acids is 1. The molecule has 0 aliphatic heterocycles. The van der Waals surface area contributed by atoms with Gasteiger partial charge in [-0.1, -0.05) is 18.1 Å². The molecule has 0 atom stereocenters. The highest BCUT2D eigenvalue weighted by atomic mass is 16.4. The lowest BCUT2D eigenvalue weighted by atomic mass is 9.85. The molecule has 0 unspecified atom stereocenters. The Morgan fingerprint density at radius 3 is 2.67 bits per heavy atom. The average molecular weight is 247 g/mol. The van der Waals surface area contributed by atoms with Gasteiger partial charge in [0.1, 0.15) is 0 Å². The summed E-state index contributed by atoms with van der Waals surface area (Å²) in [5.41, 5.74) is 2.29. The molecule has 18 heavy (non-hydrogen) atoms. The molecule has 0 radical (unpaired) electrons. The number of carbonyl (C=O) groups is 1. The fourth-order valence-electron chi connectivity index (χ4n) is 2.48. The summed E-state index contributed by atoms with van der Waals surface area (Å²) < 4.78 is 0. The summed E-state index contributed by atoms with van der Waals surface area (Å²) in [6.07, 6.45) is 3.89. The summed E-state index contributed by atoms with van der Waals surface area (Å²) in [7, 11) is 0. The molecule has 0 spiro atoms. The van der Waals surface area contributed by atoms with Gasteiger partial charge in [-0.15, -0.1) is 0 Å². The van der Waals surface area contributed by atoms with Crippen LogP contribution in [0.2, 0.25) is 0 Å². The van der Waals surface area contributed by atoms with Crippen LogP contribution in [-0.4, -0.2) is 24.2 Å². The fraction of sp³-hybridized carbons (Fsp3) is 0.533. The molecule has 1 fully saturated rings. The molecule has 3 nitrogen and oxygen atoms in total. The topological polar surface area (TPSA) is 40.5 Å². The van der Waals surface area contributed by atoms with Crippen molar-refractivity contribution in [1.29, 1.82) is 0 Å². The smallest absolute Gasteiger partial charge is 0.337 e. The predicted molar refractivity (Wildman–Crippen MR) is 73.4 cm³/mol. The maximum absolute atomic E-state index is 11.3. The summed E-state index contributed by atoms with van der Waals surface area (Å²) >= 11 is 0. The molecular weight excluding hydrogens is 226 g/mol. The lowest BCUT2D eigenvalue weighted by molar-refractivity contribution is 0.0697. The van der Waals surface area contributed by atoms with Gasteiger partial charge in [0, 0.05) is 13.1 Å². The maximum atomic E-state index is 11.3. The molecule has 1 N–H and O–H groups in total. The molecular formula is C15H21NO2. The van der Waals surface area contributed by atoms with E-state index in [1.165, 1.54) is 19.3 Å². The first-order chi connectivity index (χ1) is 8.61. The Hall–Kier alpha value is -1.51. The molecule has 3 heteroatoms. The van der Waals surface area contributed by atoms with Crippen molar-refractivity contribution in [3.63, 3.8) is 0 Å². The van der Waals surface area contributed by atoms with Crippen molar-refractivity contribution in [2.24, 2.45) is 5.92 Å². The standard InChI is InChI=1S/C15H21NO2/c1-3-16(10-12-5-4-6-12)14-8-7-11(2)9-13(14)15(17)18/h7-9,12H,3-6,10H2,1-2H3,(H,17,18). The molecule has 1 aromatic carbocycles. The van der Waals surface area contributed by atoms with Gasteiger partial charge in [0.25, 0.3) is 0 Å². The molecule has 2 rings (SSSR count). The second-order valence-corrected chi connectivity index (χ2v) is 5.16. The van der Waals surface area contributed by atoms with E-state index in [1.54, 1.807) is 6.07 Å². The third kappa shape index (κ3) is 2.66. The minimum atomic E-state index is -0.833. The molecule has 98 valence electrons. The van der Waals surface area contributed by atoms with Crippen molar-refractivity contribution in [3.8, 4) is 0 Å². The first-order valence-corrected chi connectivity index (χ1v) is 6.70. The van der Waals surface area contributed by atoms with Crippen LogP contribution in [0, 0.1) is 12.8 Å². The highest BCUT2D eigenvalue weighted by Crippen LogP contribution is 2.30. The lowest BCUT2D eigenvalue weighted by Crippen LogP contribution is -2.33. The van der Waals surface area contributed by atoms with Crippen molar-refractivity contribution >= 4 is 11.7 Å². The van der Waals surface area contributed by atoms with Crippen LogP contribution in [0.15, 0.2) is 18.2 Å². The monoisotopic (exact) mass is 247 g/mol. The molecule has 0 aromatic heterocycles. The third-order valence-corrected chi connectivity index (χ3v) is 3.81. The van der Waals surface area contributed by atoms with E-state index in [-0.39, 0.29) is 0 Å². The van der Waals surface area contributed by atoms with Gasteiger partial charge < -0.3 is 10.0 Å². The summed E-state index contributed by atoms with van der Waals surface area (Å²) in [5, 5.41) is 9.31. The summed E-state index contributed by atoms with van der Waals surface area (Å²) in [4.78, 5) is 13.5. The van der Waals surface area contributed by atoms with Gasteiger partial charge in [0.2, 0.25) is 0 Å². The van der Waals surface area contributed by atoms with Gasteiger partial charge >= 0.3 is 5.97 Å². The van der Waals surface area contributed by atoms with Crippen LogP contribution >= 0.6 is 0 Å². The van der Waals surface area contributed by atoms with Gasteiger partial charge in [-0.25, -0.2) is 4.79 Å². The average Bonchev–Trinajstić information content (AvgIpc) is 2.28. The SMILES string of the molecule is CCN(CC1CCC1)c1ccc(C)cc1C(=O)O. The molecule has 1 aliphatic rings. The Morgan fingerprint density at radius 2 is 2.17 bits per heavy atom. The normalized spacial score (nSPS) is 15.2. The Kier molecular flexibility index (Phi) is 3.90. The second kappa shape index (κ2) is 5.42. The van der Waals surface area contributed by atoms with Crippen LogP contribution in [0.5, 0.6) is 0 Å². The van der Waals surface area contributed by atoms with Gasteiger partial charge in [-0.3, -0.25) is 0 Å². The predicted octanol–water partition coefficient (Wildman–Crippen LogP) is 3.32. The Bertz CT molecular complexity index is 438. The van der Waals surface area contributed by atoms with Gasteiger partial charge in [0.05, 0.1) is 11.3 Å². The molecule has 0 heterocycles. The number of nitrogens with zero attached hydrogens (tertiary/aromatic N) is 1. The summed E-state index contributed by atoms with van der Waals surface area (Å²) in [6, 6.07) is 5.70. The molecule has 0 amide bonds. The van der Waals surface area contributed by atoms with Crippen molar-refractivity contribution < 1.29 is 9.90 Å². The highest BCUT2D eigenvalue weighted by molar-refractivity contribution is 5.94. The van der Waals surface area contributed by atoms with E-state index < -0.39 is 5.97 Å². The van der Waals surface area contributed by atoms with Crippen LogP contribution < -0.4 is 4.90 Å².